The van der Waals surface area contributed by atoms with Crippen molar-refractivity contribution in [3.8, 4) is 0 Å². The molecule has 2 rings (SSSR count). The Morgan fingerprint density at radius 2 is 1.83 bits per heavy atom. The molecule has 1 fully saturated rings. The second-order valence-corrected chi connectivity index (χ2v) is 5.60. The van der Waals surface area contributed by atoms with Gasteiger partial charge in [0.2, 0.25) is 0 Å². The Kier molecular flexibility index (Phi) is 3.22. The molecule has 0 saturated carbocycles. The van der Waals surface area contributed by atoms with Crippen LogP contribution in [0.1, 0.15) is 26.3 Å². The van der Waals surface area contributed by atoms with Crippen LogP contribution in [0.15, 0.2) is 36.0 Å². The van der Waals surface area contributed by atoms with Crippen LogP contribution < -0.4 is 5.32 Å². The minimum absolute atomic E-state index is 0.0728. The van der Waals surface area contributed by atoms with Gasteiger partial charge in [0.15, 0.2) is 5.11 Å². The zero-order valence-electron chi connectivity index (χ0n) is 10.7. The van der Waals surface area contributed by atoms with Gasteiger partial charge in [-0.25, -0.2) is 0 Å². The van der Waals surface area contributed by atoms with Crippen molar-refractivity contribution in [3.05, 3.63) is 41.6 Å². The lowest BCUT2D eigenvalue weighted by molar-refractivity contribution is -0.125. The van der Waals surface area contributed by atoms with E-state index in [2.05, 4.69) is 5.32 Å². The van der Waals surface area contributed by atoms with Gasteiger partial charge >= 0.3 is 0 Å². The molecule has 1 saturated heterocycles. The highest BCUT2D eigenvalue weighted by atomic mass is 32.1. The van der Waals surface area contributed by atoms with E-state index in [4.69, 9.17) is 12.2 Å². The van der Waals surface area contributed by atoms with Crippen molar-refractivity contribution in [2.75, 3.05) is 0 Å². The van der Waals surface area contributed by atoms with Gasteiger partial charge in [0.1, 0.15) is 5.70 Å². The third kappa shape index (κ3) is 2.43. The Morgan fingerprint density at radius 1 is 1.22 bits per heavy atom. The second kappa shape index (κ2) is 4.53. The maximum absolute atomic E-state index is 12.3. The second-order valence-electron chi connectivity index (χ2n) is 5.21. The molecule has 0 aromatic heterocycles. The molecule has 94 valence electrons. The molecule has 3 nitrogen and oxygen atoms in total. The van der Waals surface area contributed by atoms with Crippen molar-refractivity contribution in [3.63, 3.8) is 0 Å². The molecular formula is C14H16N2OS. The van der Waals surface area contributed by atoms with E-state index in [0.29, 0.717) is 10.8 Å². The molecular weight excluding hydrogens is 244 g/mol. The smallest absolute Gasteiger partial charge is 0.277 e. The Hall–Kier alpha value is -1.68. The Bertz CT molecular complexity index is 514. The first-order chi connectivity index (χ1) is 8.39. The topological polar surface area (TPSA) is 32.3 Å². The lowest BCUT2D eigenvalue weighted by atomic mass is 10.1. The number of hydrogen-bond donors (Lipinski definition) is 1. The number of nitrogens with one attached hydrogen (secondary N) is 1. The molecule has 0 atom stereocenters. The summed E-state index contributed by atoms with van der Waals surface area (Å²) < 4.78 is 0. The molecule has 1 aliphatic heterocycles. The van der Waals surface area contributed by atoms with E-state index in [1.54, 1.807) is 4.90 Å². The molecule has 1 aromatic rings. The van der Waals surface area contributed by atoms with Crippen LogP contribution >= 0.6 is 12.2 Å². The number of benzene rings is 1. The summed E-state index contributed by atoms with van der Waals surface area (Å²) in [4.78, 5) is 13.9. The summed E-state index contributed by atoms with van der Waals surface area (Å²) in [6.45, 7) is 5.89. The number of rotatable bonds is 1. The zero-order chi connectivity index (χ0) is 13.3. The number of nitrogens with zero attached hydrogens (tertiary/aromatic N) is 1. The number of amides is 1. The van der Waals surface area contributed by atoms with Crippen LogP contribution in [0, 0.1) is 0 Å². The molecule has 1 aromatic carbocycles. The van der Waals surface area contributed by atoms with Gasteiger partial charge < -0.3 is 5.32 Å². The number of carbonyl (C=O) groups is 1. The van der Waals surface area contributed by atoms with E-state index in [1.165, 1.54) is 0 Å². The molecule has 0 bridgehead atoms. The largest absolute Gasteiger partial charge is 0.328 e. The third-order valence-electron chi connectivity index (χ3n) is 2.66. The molecule has 4 heteroatoms. The lowest BCUT2D eigenvalue weighted by Gasteiger charge is -2.29. The lowest BCUT2D eigenvalue weighted by Crippen LogP contribution is -2.45. The van der Waals surface area contributed by atoms with Gasteiger partial charge in [0.25, 0.3) is 5.91 Å². The van der Waals surface area contributed by atoms with Crippen molar-refractivity contribution < 1.29 is 4.79 Å². The van der Waals surface area contributed by atoms with E-state index < -0.39 is 0 Å². The quantitative estimate of drug-likeness (QED) is 0.622. The third-order valence-corrected chi connectivity index (χ3v) is 2.94. The molecule has 1 amide bonds. The maximum atomic E-state index is 12.3. The van der Waals surface area contributed by atoms with Crippen molar-refractivity contribution >= 4 is 29.3 Å². The first-order valence-electron chi connectivity index (χ1n) is 5.82. The Labute approximate surface area is 112 Å². The molecule has 0 radical (unpaired) electrons. The predicted octanol–water partition coefficient (Wildman–Crippen LogP) is 2.54. The van der Waals surface area contributed by atoms with Gasteiger partial charge in [-0.15, -0.1) is 0 Å². The fourth-order valence-corrected chi connectivity index (χ4v) is 2.33. The summed E-state index contributed by atoms with van der Waals surface area (Å²) in [6.07, 6.45) is 1.82. The standard InChI is InChI=1S/C14H16N2OS/c1-14(2,3)16-12(17)11(15-13(16)18)9-10-7-5-4-6-8-10/h4-9H,1-3H3,(H,15,18)/b11-9-. The average Bonchev–Trinajstić information content (AvgIpc) is 2.54. The predicted molar refractivity (Wildman–Crippen MR) is 76.8 cm³/mol. The van der Waals surface area contributed by atoms with Gasteiger partial charge in [0, 0.05) is 5.54 Å². The summed E-state index contributed by atoms with van der Waals surface area (Å²) in [5, 5.41) is 3.44. The van der Waals surface area contributed by atoms with Crippen LogP contribution in [0.2, 0.25) is 0 Å². The maximum Gasteiger partial charge on any atom is 0.277 e. The summed E-state index contributed by atoms with van der Waals surface area (Å²) in [5.74, 6) is -0.0728. The molecule has 0 aliphatic carbocycles. The SMILES string of the molecule is CC(C)(C)N1C(=O)/C(=C/c2ccccc2)NC1=S. The first-order valence-corrected chi connectivity index (χ1v) is 6.23. The highest BCUT2D eigenvalue weighted by Crippen LogP contribution is 2.22. The van der Waals surface area contributed by atoms with E-state index >= 15 is 0 Å². The van der Waals surface area contributed by atoms with Crippen molar-refractivity contribution in [1.29, 1.82) is 0 Å². The molecule has 1 N–H and O–H groups in total. The molecule has 0 unspecified atom stereocenters. The highest BCUT2D eigenvalue weighted by Gasteiger charge is 2.37. The number of hydrogen-bond acceptors (Lipinski definition) is 2. The minimum atomic E-state index is -0.312. The monoisotopic (exact) mass is 260 g/mol. The minimum Gasteiger partial charge on any atom is -0.328 e. The van der Waals surface area contributed by atoms with E-state index in [9.17, 15) is 4.79 Å². The van der Waals surface area contributed by atoms with E-state index in [-0.39, 0.29) is 11.4 Å². The fraction of sp³-hybridized carbons (Fsp3) is 0.286. The molecule has 0 spiro atoms. The van der Waals surface area contributed by atoms with Crippen LogP contribution in [-0.4, -0.2) is 21.5 Å². The summed E-state index contributed by atoms with van der Waals surface area (Å²) >= 11 is 5.21. The first kappa shape index (κ1) is 12.8. The van der Waals surface area contributed by atoms with Gasteiger partial charge in [-0.1, -0.05) is 30.3 Å². The van der Waals surface area contributed by atoms with Crippen molar-refractivity contribution in [2.24, 2.45) is 0 Å². The van der Waals surface area contributed by atoms with Gasteiger partial charge in [-0.05, 0) is 44.6 Å². The van der Waals surface area contributed by atoms with E-state index in [1.807, 2.05) is 57.2 Å². The Morgan fingerprint density at radius 3 is 2.33 bits per heavy atom. The summed E-state index contributed by atoms with van der Waals surface area (Å²) in [6, 6.07) is 9.71. The van der Waals surface area contributed by atoms with Crippen molar-refractivity contribution in [1.82, 2.24) is 10.2 Å². The van der Waals surface area contributed by atoms with Crippen LogP contribution in [-0.2, 0) is 4.79 Å². The zero-order valence-corrected chi connectivity index (χ0v) is 11.5. The Balaban J connectivity index is 2.32. The normalized spacial score (nSPS) is 18.4. The molecule has 1 heterocycles. The molecule has 1 aliphatic rings. The van der Waals surface area contributed by atoms with Crippen LogP contribution in [0.5, 0.6) is 0 Å². The van der Waals surface area contributed by atoms with Crippen LogP contribution in [0.3, 0.4) is 0 Å². The number of thiocarbonyl (C=S) groups is 1. The van der Waals surface area contributed by atoms with Crippen LogP contribution in [0.4, 0.5) is 0 Å². The number of carbonyl (C=O) groups excluding carboxylic acids is 1. The van der Waals surface area contributed by atoms with Gasteiger partial charge in [-0.3, -0.25) is 9.69 Å². The van der Waals surface area contributed by atoms with Gasteiger partial charge in [0.05, 0.1) is 0 Å². The van der Waals surface area contributed by atoms with E-state index in [0.717, 1.165) is 5.56 Å². The van der Waals surface area contributed by atoms with Crippen molar-refractivity contribution in [2.45, 2.75) is 26.3 Å². The highest BCUT2D eigenvalue weighted by molar-refractivity contribution is 7.80. The van der Waals surface area contributed by atoms with Crippen LogP contribution in [0.25, 0.3) is 6.08 Å². The summed E-state index contributed by atoms with van der Waals surface area (Å²) in [7, 11) is 0. The fourth-order valence-electron chi connectivity index (χ4n) is 1.86. The average molecular weight is 260 g/mol. The molecule has 18 heavy (non-hydrogen) atoms. The summed E-state index contributed by atoms with van der Waals surface area (Å²) in [5.41, 5.74) is 1.20. The van der Waals surface area contributed by atoms with Gasteiger partial charge in [-0.2, -0.15) is 0 Å².